The van der Waals surface area contributed by atoms with Crippen LogP contribution in [0.4, 0.5) is 10.5 Å². The number of benzene rings is 2. The zero-order valence-corrected chi connectivity index (χ0v) is 16.3. The van der Waals surface area contributed by atoms with Crippen molar-refractivity contribution in [2.45, 2.75) is 32.0 Å². The number of hydrogen-bond acceptors (Lipinski definition) is 4. The number of ether oxygens (including phenoxy) is 1. The minimum atomic E-state index is -0.595. The number of primary amides is 1. The summed E-state index contributed by atoms with van der Waals surface area (Å²) in [5.41, 5.74) is 8.83. The van der Waals surface area contributed by atoms with Crippen LogP contribution in [-0.4, -0.2) is 28.3 Å². The lowest BCUT2D eigenvalue weighted by molar-refractivity contribution is 0.0420. The second-order valence-corrected chi connectivity index (χ2v) is 6.88. The SMILES string of the molecule is C[C@H](Oc1ccc(-c2cccc(NC(N)=O)c2)cc1)[C@H](O)CCc1cccnc1. The molecule has 3 aromatic rings. The van der Waals surface area contributed by atoms with Crippen LogP contribution in [0.2, 0.25) is 0 Å². The summed E-state index contributed by atoms with van der Waals surface area (Å²) in [6, 6.07) is 18.3. The van der Waals surface area contributed by atoms with E-state index in [-0.39, 0.29) is 6.10 Å². The number of amides is 2. The fourth-order valence-corrected chi connectivity index (χ4v) is 3.03. The number of aryl methyl sites for hydroxylation is 1. The maximum absolute atomic E-state index is 11.0. The average Bonchev–Trinajstić information content (AvgIpc) is 2.73. The van der Waals surface area contributed by atoms with Crippen LogP contribution in [0.25, 0.3) is 11.1 Å². The Labute approximate surface area is 170 Å². The Morgan fingerprint density at radius 1 is 1.14 bits per heavy atom. The van der Waals surface area contributed by atoms with Crippen molar-refractivity contribution in [1.82, 2.24) is 4.98 Å². The van der Waals surface area contributed by atoms with Gasteiger partial charge < -0.3 is 20.9 Å². The van der Waals surface area contributed by atoms with Gasteiger partial charge >= 0.3 is 6.03 Å². The maximum atomic E-state index is 11.0. The molecule has 0 unspecified atom stereocenters. The highest BCUT2D eigenvalue weighted by Crippen LogP contribution is 2.25. The Morgan fingerprint density at radius 3 is 2.62 bits per heavy atom. The van der Waals surface area contributed by atoms with Crippen LogP contribution in [0.3, 0.4) is 0 Å². The van der Waals surface area contributed by atoms with Crippen molar-refractivity contribution in [2.24, 2.45) is 5.73 Å². The quantitative estimate of drug-likeness (QED) is 0.541. The zero-order chi connectivity index (χ0) is 20.6. The molecule has 0 radical (unpaired) electrons. The van der Waals surface area contributed by atoms with Gasteiger partial charge in [0.05, 0.1) is 6.10 Å². The van der Waals surface area contributed by atoms with E-state index in [4.69, 9.17) is 10.5 Å². The molecule has 2 amide bonds. The molecule has 6 nitrogen and oxygen atoms in total. The van der Waals surface area contributed by atoms with Crippen LogP contribution >= 0.6 is 0 Å². The molecule has 0 fully saturated rings. The Hall–Kier alpha value is -3.38. The Kier molecular flexibility index (Phi) is 6.81. The van der Waals surface area contributed by atoms with Gasteiger partial charge in [-0.25, -0.2) is 4.79 Å². The molecule has 0 saturated heterocycles. The summed E-state index contributed by atoms with van der Waals surface area (Å²) in [5, 5.41) is 13.0. The number of hydrogen-bond donors (Lipinski definition) is 3. The third-order valence-electron chi connectivity index (χ3n) is 4.63. The summed E-state index contributed by atoms with van der Waals surface area (Å²) in [6.45, 7) is 1.86. The molecule has 0 saturated carbocycles. The summed E-state index contributed by atoms with van der Waals surface area (Å²) in [7, 11) is 0. The molecule has 150 valence electrons. The molecular formula is C23H25N3O3. The topological polar surface area (TPSA) is 97.5 Å². The molecule has 0 bridgehead atoms. The first-order chi connectivity index (χ1) is 14.0. The summed E-state index contributed by atoms with van der Waals surface area (Å²) in [4.78, 5) is 15.1. The van der Waals surface area contributed by atoms with E-state index in [9.17, 15) is 9.90 Å². The van der Waals surface area contributed by atoms with E-state index < -0.39 is 12.1 Å². The number of carbonyl (C=O) groups is 1. The Balaban J connectivity index is 1.57. The third kappa shape index (κ3) is 6.05. The lowest BCUT2D eigenvalue weighted by Crippen LogP contribution is -2.29. The number of aliphatic hydroxyl groups is 1. The first kappa shape index (κ1) is 20.4. The molecule has 6 heteroatoms. The highest BCUT2D eigenvalue weighted by Gasteiger charge is 2.16. The predicted molar refractivity (Wildman–Crippen MR) is 114 cm³/mol. The molecular weight excluding hydrogens is 366 g/mol. The van der Waals surface area contributed by atoms with Crippen molar-refractivity contribution in [1.29, 1.82) is 0 Å². The summed E-state index contributed by atoms with van der Waals surface area (Å²) in [6.07, 6.45) is 3.99. The Morgan fingerprint density at radius 2 is 1.93 bits per heavy atom. The highest BCUT2D eigenvalue weighted by atomic mass is 16.5. The van der Waals surface area contributed by atoms with E-state index in [1.165, 1.54) is 0 Å². The number of rotatable bonds is 8. The average molecular weight is 391 g/mol. The highest BCUT2D eigenvalue weighted by molar-refractivity contribution is 5.88. The minimum absolute atomic E-state index is 0.333. The number of nitrogens with zero attached hydrogens (tertiary/aromatic N) is 1. The van der Waals surface area contributed by atoms with Gasteiger partial charge in [-0.05, 0) is 66.8 Å². The number of aromatic nitrogens is 1. The van der Waals surface area contributed by atoms with Crippen LogP contribution in [0.1, 0.15) is 18.9 Å². The number of urea groups is 1. The van der Waals surface area contributed by atoms with E-state index in [0.29, 0.717) is 17.9 Å². The lowest BCUT2D eigenvalue weighted by Gasteiger charge is -2.20. The van der Waals surface area contributed by atoms with Crippen LogP contribution in [0, 0.1) is 0 Å². The van der Waals surface area contributed by atoms with Crippen LogP contribution in [0.5, 0.6) is 5.75 Å². The number of anilines is 1. The molecule has 0 aliphatic rings. The molecule has 1 aromatic heterocycles. The van der Waals surface area contributed by atoms with E-state index in [1.54, 1.807) is 12.3 Å². The van der Waals surface area contributed by atoms with E-state index in [0.717, 1.165) is 23.1 Å². The number of carbonyl (C=O) groups excluding carboxylic acids is 1. The second kappa shape index (κ2) is 9.71. The van der Waals surface area contributed by atoms with Crippen LogP contribution in [-0.2, 0) is 6.42 Å². The van der Waals surface area contributed by atoms with Crippen LogP contribution < -0.4 is 15.8 Å². The minimum Gasteiger partial charge on any atom is -0.488 e. The molecule has 2 atom stereocenters. The van der Waals surface area contributed by atoms with Crippen molar-refractivity contribution in [3.63, 3.8) is 0 Å². The van der Waals surface area contributed by atoms with Gasteiger partial charge in [-0.1, -0.05) is 30.3 Å². The standard InChI is InChI=1S/C23H25N3O3/c1-16(22(27)12-7-17-4-3-13-25-15-17)29-21-10-8-18(9-11-21)19-5-2-6-20(14-19)26-23(24)28/h2-6,8-11,13-16,22,27H,7,12H2,1H3,(H3,24,26,28)/t16-,22+/m0/s1. The summed E-state index contributed by atoms with van der Waals surface area (Å²) >= 11 is 0. The van der Waals surface area contributed by atoms with Gasteiger partial charge in [0, 0.05) is 18.1 Å². The van der Waals surface area contributed by atoms with Gasteiger partial charge in [-0.2, -0.15) is 0 Å². The fraction of sp³-hybridized carbons (Fsp3) is 0.217. The Bertz CT molecular complexity index is 930. The number of nitrogens with one attached hydrogen (secondary N) is 1. The fourth-order valence-electron chi connectivity index (χ4n) is 3.03. The maximum Gasteiger partial charge on any atom is 0.316 e. The van der Waals surface area contributed by atoms with Gasteiger partial charge in [0.25, 0.3) is 0 Å². The largest absolute Gasteiger partial charge is 0.488 e. The lowest BCUT2D eigenvalue weighted by atomic mass is 10.0. The predicted octanol–water partition coefficient (Wildman–Crippen LogP) is 4.00. The summed E-state index contributed by atoms with van der Waals surface area (Å²) < 4.78 is 5.89. The van der Waals surface area contributed by atoms with E-state index >= 15 is 0 Å². The third-order valence-corrected chi connectivity index (χ3v) is 4.63. The molecule has 0 aliphatic heterocycles. The van der Waals surface area contributed by atoms with E-state index in [2.05, 4.69) is 10.3 Å². The van der Waals surface area contributed by atoms with E-state index in [1.807, 2.05) is 67.7 Å². The summed E-state index contributed by atoms with van der Waals surface area (Å²) in [5.74, 6) is 0.688. The van der Waals surface area contributed by atoms with Gasteiger partial charge in [0.2, 0.25) is 0 Å². The molecule has 29 heavy (non-hydrogen) atoms. The van der Waals surface area contributed by atoms with Crippen molar-refractivity contribution < 1.29 is 14.6 Å². The molecule has 2 aromatic carbocycles. The number of aliphatic hydroxyl groups excluding tert-OH is 1. The van der Waals surface area contributed by atoms with Crippen molar-refractivity contribution in [2.75, 3.05) is 5.32 Å². The number of pyridine rings is 1. The second-order valence-electron chi connectivity index (χ2n) is 6.88. The van der Waals surface area contributed by atoms with Crippen molar-refractivity contribution >= 4 is 11.7 Å². The first-order valence-corrected chi connectivity index (χ1v) is 9.52. The molecule has 4 N–H and O–H groups in total. The molecule has 0 aliphatic carbocycles. The van der Waals surface area contributed by atoms with Gasteiger partial charge in [0.15, 0.2) is 0 Å². The molecule has 3 rings (SSSR count). The number of nitrogens with two attached hydrogens (primary N) is 1. The van der Waals surface area contributed by atoms with Gasteiger partial charge in [0.1, 0.15) is 11.9 Å². The van der Waals surface area contributed by atoms with Crippen molar-refractivity contribution in [3.05, 3.63) is 78.6 Å². The van der Waals surface area contributed by atoms with Crippen molar-refractivity contribution in [3.8, 4) is 16.9 Å². The van der Waals surface area contributed by atoms with Gasteiger partial charge in [-0.15, -0.1) is 0 Å². The molecule has 0 spiro atoms. The molecule has 1 heterocycles. The first-order valence-electron chi connectivity index (χ1n) is 9.52. The normalized spacial score (nSPS) is 12.8. The van der Waals surface area contributed by atoms with Gasteiger partial charge in [-0.3, -0.25) is 4.98 Å². The zero-order valence-electron chi connectivity index (χ0n) is 16.3. The smallest absolute Gasteiger partial charge is 0.316 e. The van der Waals surface area contributed by atoms with Crippen LogP contribution in [0.15, 0.2) is 73.1 Å². The monoisotopic (exact) mass is 391 g/mol.